The van der Waals surface area contributed by atoms with Crippen LogP contribution in [0.3, 0.4) is 0 Å². The highest BCUT2D eigenvalue weighted by Crippen LogP contribution is 2.63. The first-order chi connectivity index (χ1) is 25.8. The predicted octanol–water partition coefficient (Wildman–Crippen LogP) is 12.9. The fourth-order valence-electron chi connectivity index (χ4n) is 9.36. The first-order valence-corrected chi connectivity index (χ1v) is 18.1. The summed E-state index contributed by atoms with van der Waals surface area (Å²) in [5.41, 5.74) is 17.9. The molecule has 2 heteroatoms. The molecule has 0 saturated carbocycles. The molecule has 1 aromatic heterocycles. The van der Waals surface area contributed by atoms with Crippen LogP contribution in [-0.4, -0.2) is 0 Å². The molecular formula is C50H33NO. The van der Waals surface area contributed by atoms with Crippen molar-refractivity contribution in [3.63, 3.8) is 0 Å². The van der Waals surface area contributed by atoms with Crippen molar-refractivity contribution in [2.75, 3.05) is 4.90 Å². The summed E-state index contributed by atoms with van der Waals surface area (Å²) >= 11 is 0. The Morgan fingerprint density at radius 2 is 0.923 bits per heavy atom. The van der Waals surface area contributed by atoms with Gasteiger partial charge >= 0.3 is 0 Å². The van der Waals surface area contributed by atoms with E-state index >= 15 is 0 Å². The van der Waals surface area contributed by atoms with Gasteiger partial charge in [0.2, 0.25) is 0 Å². The van der Waals surface area contributed by atoms with Gasteiger partial charge in [0.1, 0.15) is 5.58 Å². The van der Waals surface area contributed by atoms with Gasteiger partial charge in [-0.2, -0.15) is 0 Å². The maximum absolute atomic E-state index is 6.76. The first-order valence-electron chi connectivity index (χ1n) is 18.1. The van der Waals surface area contributed by atoms with E-state index in [2.05, 4.69) is 193 Å². The average Bonchev–Trinajstić information content (AvgIpc) is 3.85. The van der Waals surface area contributed by atoms with Gasteiger partial charge in [-0.15, -0.1) is 0 Å². The zero-order valence-corrected chi connectivity index (χ0v) is 28.5. The van der Waals surface area contributed by atoms with Gasteiger partial charge < -0.3 is 9.32 Å². The van der Waals surface area contributed by atoms with Crippen LogP contribution in [0.2, 0.25) is 0 Å². The number of fused-ring (bicyclic) bond motifs is 13. The van der Waals surface area contributed by atoms with Gasteiger partial charge in [0, 0.05) is 28.6 Å². The third kappa shape index (κ3) is 3.95. The van der Waals surface area contributed by atoms with Crippen molar-refractivity contribution >= 4 is 33.3 Å². The van der Waals surface area contributed by atoms with Crippen LogP contribution in [0.4, 0.5) is 11.4 Å². The molecular weight excluding hydrogens is 631 g/mol. The van der Waals surface area contributed by atoms with E-state index in [4.69, 9.17) is 4.42 Å². The van der Waals surface area contributed by atoms with Crippen LogP contribution < -0.4 is 4.90 Å². The summed E-state index contributed by atoms with van der Waals surface area (Å²) in [6, 6.07) is 68.6. The van der Waals surface area contributed by atoms with Crippen LogP contribution in [-0.2, 0) is 12.0 Å². The highest BCUT2D eigenvalue weighted by atomic mass is 16.3. The van der Waals surface area contributed by atoms with Crippen molar-refractivity contribution in [2.24, 2.45) is 0 Å². The fourth-order valence-corrected chi connectivity index (χ4v) is 9.36. The van der Waals surface area contributed by atoms with E-state index in [9.17, 15) is 0 Å². The molecule has 0 amide bonds. The van der Waals surface area contributed by atoms with Gasteiger partial charge in [-0.05, 0) is 73.8 Å². The largest absolute Gasteiger partial charge is 0.454 e. The lowest BCUT2D eigenvalue weighted by Gasteiger charge is -2.34. The first kappa shape index (κ1) is 29.1. The number of anilines is 2. The molecule has 1 heterocycles. The second-order valence-electron chi connectivity index (χ2n) is 13.9. The van der Waals surface area contributed by atoms with Crippen molar-refractivity contribution in [3.05, 3.63) is 216 Å². The Balaban J connectivity index is 1.21. The summed E-state index contributed by atoms with van der Waals surface area (Å²) in [4.78, 5) is 2.49. The summed E-state index contributed by atoms with van der Waals surface area (Å²) < 4.78 is 6.76. The van der Waals surface area contributed by atoms with Crippen molar-refractivity contribution in [1.82, 2.24) is 0 Å². The van der Waals surface area contributed by atoms with Crippen LogP contribution in [0, 0.1) is 0 Å². The number of rotatable bonds is 5. The summed E-state index contributed by atoms with van der Waals surface area (Å²) in [7, 11) is 0. The van der Waals surface area contributed by atoms with E-state index in [1.165, 1.54) is 61.2 Å². The van der Waals surface area contributed by atoms with Crippen LogP contribution in [0.15, 0.2) is 192 Å². The van der Waals surface area contributed by atoms with E-state index in [-0.39, 0.29) is 0 Å². The minimum atomic E-state index is -0.439. The molecule has 8 aromatic carbocycles. The quantitative estimate of drug-likeness (QED) is 0.182. The molecule has 0 N–H and O–H groups in total. The topological polar surface area (TPSA) is 16.4 Å². The minimum Gasteiger partial charge on any atom is -0.454 e. The highest BCUT2D eigenvalue weighted by Gasteiger charge is 2.52. The Hall–Kier alpha value is -6.64. The summed E-state index contributed by atoms with van der Waals surface area (Å²) in [6.45, 7) is 0.642. The number of hydrogen-bond donors (Lipinski definition) is 0. The maximum Gasteiger partial charge on any atom is 0.159 e. The Morgan fingerprint density at radius 3 is 1.65 bits per heavy atom. The fraction of sp³-hybridized carbons (Fsp3) is 0.0400. The number of hydrogen-bond acceptors (Lipinski definition) is 2. The van der Waals surface area contributed by atoms with E-state index < -0.39 is 5.41 Å². The molecule has 9 aromatic rings. The standard InChI is InChI=1S/C50H33NO/c1-2-16-33(17-3-1)35-19-7-12-29-45(35)51(46-30-15-25-41-39-23-8-13-31-47(39)52-49(41)46)32-34-18-14-24-40-38-22-6-11-28-44(38)50(48(34)40)42-26-9-4-20-36(42)37-21-5-10-27-43(37)50/h1-31H,32H2. The smallest absolute Gasteiger partial charge is 0.159 e. The molecule has 52 heavy (non-hydrogen) atoms. The molecule has 0 unspecified atom stereocenters. The Labute approximate surface area is 302 Å². The molecule has 0 atom stereocenters. The number of furan rings is 1. The van der Waals surface area contributed by atoms with Crippen LogP contribution in [0.25, 0.3) is 55.3 Å². The highest BCUT2D eigenvalue weighted by molar-refractivity contribution is 6.10. The molecule has 1 spiro atoms. The van der Waals surface area contributed by atoms with E-state index in [1.54, 1.807) is 0 Å². The van der Waals surface area contributed by atoms with Crippen molar-refractivity contribution < 1.29 is 4.42 Å². The normalized spacial score (nSPS) is 13.2. The van der Waals surface area contributed by atoms with Gasteiger partial charge in [0.15, 0.2) is 5.58 Å². The third-order valence-electron chi connectivity index (χ3n) is 11.4. The molecule has 0 bridgehead atoms. The zero-order chi connectivity index (χ0) is 34.2. The lowest BCUT2D eigenvalue weighted by Crippen LogP contribution is -2.29. The van der Waals surface area contributed by atoms with E-state index in [0.29, 0.717) is 6.54 Å². The molecule has 0 saturated heterocycles. The van der Waals surface area contributed by atoms with Crippen LogP contribution in [0.1, 0.15) is 27.8 Å². The molecule has 2 nitrogen and oxygen atoms in total. The minimum absolute atomic E-state index is 0.439. The van der Waals surface area contributed by atoms with Crippen LogP contribution >= 0.6 is 0 Å². The number of para-hydroxylation sites is 3. The molecule has 0 aliphatic heterocycles. The lowest BCUT2D eigenvalue weighted by atomic mass is 9.69. The SMILES string of the molecule is c1ccc(-c2ccccc2N(Cc2cccc3c2C2(c4ccccc4-c4ccccc42)c2ccccc2-3)c2cccc3c2oc2ccccc23)cc1. The Kier molecular flexibility index (Phi) is 6.26. The molecule has 2 aliphatic carbocycles. The average molecular weight is 664 g/mol. The molecule has 0 radical (unpaired) electrons. The lowest BCUT2D eigenvalue weighted by molar-refractivity contribution is 0.667. The van der Waals surface area contributed by atoms with Crippen molar-refractivity contribution in [1.29, 1.82) is 0 Å². The number of benzene rings is 8. The zero-order valence-electron chi connectivity index (χ0n) is 28.5. The van der Waals surface area contributed by atoms with Gasteiger partial charge in [0.25, 0.3) is 0 Å². The summed E-state index contributed by atoms with van der Waals surface area (Å²) in [6.07, 6.45) is 0. The predicted molar refractivity (Wildman–Crippen MR) is 214 cm³/mol. The van der Waals surface area contributed by atoms with E-state index in [1.807, 2.05) is 0 Å². The Morgan fingerprint density at radius 1 is 0.404 bits per heavy atom. The third-order valence-corrected chi connectivity index (χ3v) is 11.4. The van der Waals surface area contributed by atoms with Crippen molar-refractivity contribution in [3.8, 4) is 33.4 Å². The second kappa shape index (κ2) is 11.2. The molecule has 2 aliphatic rings. The van der Waals surface area contributed by atoms with Gasteiger partial charge in [0.05, 0.1) is 11.1 Å². The summed E-state index contributed by atoms with van der Waals surface area (Å²) in [5, 5.41) is 2.25. The van der Waals surface area contributed by atoms with Gasteiger partial charge in [-0.3, -0.25) is 0 Å². The molecule has 244 valence electrons. The number of nitrogens with zero attached hydrogens (tertiary/aromatic N) is 1. The Bertz CT molecular complexity index is 2780. The second-order valence-corrected chi connectivity index (χ2v) is 13.9. The summed E-state index contributed by atoms with van der Waals surface area (Å²) in [5.74, 6) is 0. The monoisotopic (exact) mass is 663 g/mol. The molecule has 0 fully saturated rings. The van der Waals surface area contributed by atoms with Crippen molar-refractivity contribution in [2.45, 2.75) is 12.0 Å². The molecule has 11 rings (SSSR count). The maximum atomic E-state index is 6.76. The van der Waals surface area contributed by atoms with Gasteiger partial charge in [-0.25, -0.2) is 0 Å². The van der Waals surface area contributed by atoms with E-state index in [0.717, 1.165) is 33.3 Å². The van der Waals surface area contributed by atoms with Crippen LogP contribution in [0.5, 0.6) is 0 Å². The van der Waals surface area contributed by atoms with Gasteiger partial charge in [-0.1, -0.05) is 170 Å².